The highest BCUT2D eigenvalue weighted by Gasteiger charge is 2.31. The topological polar surface area (TPSA) is 109 Å². The summed E-state index contributed by atoms with van der Waals surface area (Å²) in [6.07, 6.45) is 7.79. The number of rotatable bonds is 13. The van der Waals surface area contributed by atoms with Crippen LogP contribution in [-0.2, 0) is 11.2 Å². The maximum Gasteiger partial charge on any atom is 0.282 e. The number of aromatic nitrogens is 1. The second-order valence-corrected chi connectivity index (χ2v) is 9.75. The van der Waals surface area contributed by atoms with E-state index in [1.807, 2.05) is 25.1 Å². The Bertz CT molecular complexity index is 1350. The third-order valence-electron chi connectivity index (χ3n) is 7.05. The van der Waals surface area contributed by atoms with Crippen LogP contribution in [-0.4, -0.2) is 62.8 Å². The van der Waals surface area contributed by atoms with E-state index in [1.165, 1.54) is 12.4 Å². The summed E-state index contributed by atoms with van der Waals surface area (Å²) in [5.41, 5.74) is 3.13. The Labute approximate surface area is 246 Å². The molecule has 10 nitrogen and oxygen atoms in total. The minimum Gasteiger partial charge on any atom is -0.493 e. The molecular formula is C32H38N2O8. The molecule has 2 heterocycles. The SMILES string of the molecule is CCCOc1c(CC=CN(O)C(=O)c2cccnc2)cc(C2COC(c3cc(OC)c(OC)c(OC)c3)C2)cc1OC. The van der Waals surface area contributed by atoms with Gasteiger partial charge in [0.2, 0.25) is 5.75 Å². The predicted octanol–water partition coefficient (Wildman–Crippen LogP) is 5.74. The third kappa shape index (κ3) is 6.95. The normalized spacial score (nSPS) is 16.3. The number of hydrogen-bond donors (Lipinski definition) is 1. The molecule has 0 saturated carbocycles. The summed E-state index contributed by atoms with van der Waals surface area (Å²) < 4.78 is 34.6. The molecule has 42 heavy (non-hydrogen) atoms. The lowest BCUT2D eigenvalue weighted by molar-refractivity contribution is -0.0204. The smallest absolute Gasteiger partial charge is 0.282 e. The number of nitrogens with zero attached hydrogens (tertiary/aromatic N) is 2. The average Bonchev–Trinajstić information content (AvgIpc) is 3.53. The molecule has 3 aromatic rings. The summed E-state index contributed by atoms with van der Waals surface area (Å²) >= 11 is 0. The molecule has 1 aliphatic rings. The lowest BCUT2D eigenvalue weighted by Gasteiger charge is -2.19. The number of hydrogen-bond acceptors (Lipinski definition) is 9. The molecular weight excluding hydrogens is 540 g/mol. The number of pyridine rings is 1. The Morgan fingerprint density at radius 2 is 1.71 bits per heavy atom. The van der Waals surface area contributed by atoms with Gasteiger partial charge in [0.05, 0.1) is 53.3 Å². The highest BCUT2D eigenvalue weighted by atomic mass is 16.5. The van der Waals surface area contributed by atoms with Crippen LogP contribution in [0.2, 0.25) is 0 Å². The Kier molecular flexibility index (Phi) is 10.6. The third-order valence-corrected chi connectivity index (χ3v) is 7.05. The van der Waals surface area contributed by atoms with Gasteiger partial charge < -0.3 is 28.4 Å². The van der Waals surface area contributed by atoms with Gasteiger partial charge in [-0.1, -0.05) is 19.1 Å². The molecule has 10 heteroatoms. The van der Waals surface area contributed by atoms with Crippen LogP contribution in [0.1, 0.15) is 58.8 Å². The van der Waals surface area contributed by atoms with E-state index >= 15 is 0 Å². The highest BCUT2D eigenvalue weighted by molar-refractivity contribution is 5.93. The number of carbonyl (C=O) groups excluding carboxylic acids is 1. The molecule has 1 aliphatic heterocycles. The van der Waals surface area contributed by atoms with Gasteiger partial charge in [-0.2, -0.15) is 5.06 Å². The van der Waals surface area contributed by atoms with Gasteiger partial charge in [-0.05, 0) is 60.7 Å². The van der Waals surface area contributed by atoms with E-state index in [1.54, 1.807) is 52.8 Å². The molecule has 1 N–H and O–H groups in total. The molecule has 0 bridgehead atoms. The van der Waals surface area contributed by atoms with Crippen LogP contribution < -0.4 is 23.7 Å². The van der Waals surface area contributed by atoms with Gasteiger partial charge in [0, 0.05) is 30.1 Å². The number of ether oxygens (including phenoxy) is 6. The van der Waals surface area contributed by atoms with Gasteiger partial charge in [-0.3, -0.25) is 15.0 Å². The first-order chi connectivity index (χ1) is 20.4. The van der Waals surface area contributed by atoms with Crippen molar-refractivity contribution in [3.8, 4) is 28.7 Å². The zero-order chi connectivity index (χ0) is 30.1. The van der Waals surface area contributed by atoms with Crippen LogP contribution in [0.4, 0.5) is 0 Å². The number of benzene rings is 2. The van der Waals surface area contributed by atoms with Crippen molar-refractivity contribution in [2.45, 2.75) is 38.2 Å². The fourth-order valence-electron chi connectivity index (χ4n) is 4.94. The van der Waals surface area contributed by atoms with Gasteiger partial charge in [0.1, 0.15) is 0 Å². The van der Waals surface area contributed by atoms with Crippen molar-refractivity contribution < 1.29 is 38.4 Å². The first kappa shape index (κ1) is 30.7. The second-order valence-electron chi connectivity index (χ2n) is 9.75. The van der Waals surface area contributed by atoms with Crippen molar-refractivity contribution in [2.75, 3.05) is 41.7 Å². The number of hydroxylamine groups is 2. The summed E-state index contributed by atoms with van der Waals surface area (Å²) in [5.74, 6) is 2.45. The summed E-state index contributed by atoms with van der Waals surface area (Å²) in [7, 11) is 6.37. The molecule has 1 amide bonds. The van der Waals surface area contributed by atoms with Crippen LogP contribution in [0.5, 0.6) is 28.7 Å². The maximum atomic E-state index is 12.5. The van der Waals surface area contributed by atoms with Crippen LogP contribution in [0.25, 0.3) is 0 Å². The van der Waals surface area contributed by atoms with E-state index in [4.69, 9.17) is 28.4 Å². The van der Waals surface area contributed by atoms with Crippen molar-refractivity contribution >= 4 is 5.91 Å². The fourth-order valence-corrected chi connectivity index (χ4v) is 4.94. The molecule has 0 aliphatic carbocycles. The zero-order valence-electron chi connectivity index (χ0n) is 24.7. The standard InChI is InChI=1S/C32H38N2O8/c1-6-13-41-30-21(10-8-12-34(36)32(35)22-9-7-11-33-19-22)14-23(15-27(30)37-2)25-18-26(42-20-25)24-16-28(38-3)31(40-5)29(17-24)39-4/h7-9,11-12,14-17,19,25-26,36H,6,10,13,18,20H2,1-5H3. The summed E-state index contributed by atoms with van der Waals surface area (Å²) in [6, 6.07) is 11.1. The van der Waals surface area contributed by atoms with Gasteiger partial charge >= 0.3 is 0 Å². The van der Waals surface area contributed by atoms with E-state index in [9.17, 15) is 10.0 Å². The lowest BCUT2D eigenvalue weighted by Crippen LogP contribution is -2.21. The number of carbonyl (C=O) groups is 1. The Morgan fingerprint density at radius 3 is 2.33 bits per heavy atom. The minimum absolute atomic E-state index is 0.0902. The van der Waals surface area contributed by atoms with Crippen LogP contribution in [0.3, 0.4) is 0 Å². The van der Waals surface area contributed by atoms with Crippen LogP contribution in [0.15, 0.2) is 61.1 Å². The van der Waals surface area contributed by atoms with Crippen LogP contribution in [0, 0.1) is 0 Å². The Balaban J connectivity index is 1.57. The number of allylic oxidation sites excluding steroid dienone is 1. The molecule has 4 rings (SSSR count). The van der Waals surface area contributed by atoms with Gasteiger partial charge in [-0.15, -0.1) is 0 Å². The number of methoxy groups -OCH3 is 4. The monoisotopic (exact) mass is 578 g/mol. The van der Waals surface area contributed by atoms with Crippen molar-refractivity contribution in [1.29, 1.82) is 0 Å². The maximum absolute atomic E-state index is 12.5. The van der Waals surface area contributed by atoms with E-state index in [0.717, 1.165) is 29.5 Å². The second kappa shape index (κ2) is 14.6. The van der Waals surface area contributed by atoms with Crippen molar-refractivity contribution in [3.05, 3.63) is 83.3 Å². The van der Waals surface area contributed by atoms with Gasteiger partial charge in [0.15, 0.2) is 23.0 Å². The minimum atomic E-state index is -0.575. The molecule has 1 saturated heterocycles. The fraction of sp³-hybridized carbons (Fsp3) is 0.375. The molecule has 2 aromatic carbocycles. The zero-order valence-corrected chi connectivity index (χ0v) is 24.7. The van der Waals surface area contributed by atoms with Gasteiger partial charge in [-0.25, -0.2) is 0 Å². The molecule has 0 radical (unpaired) electrons. The largest absolute Gasteiger partial charge is 0.493 e. The van der Waals surface area contributed by atoms with Crippen molar-refractivity contribution in [2.24, 2.45) is 0 Å². The van der Waals surface area contributed by atoms with E-state index in [2.05, 4.69) is 11.1 Å². The first-order valence-electron chi connectivity index (χ1n) is 13.8. The van der Waals surface area contributed by atoms with Crippen molar-refractivity contribution in [3.63, 3.8) is 0 Å². The van der Waals surface area contributed by atoms with Gasteiger partial charge in [0.25, 0.3) is 5.91 Å². The predicted molar refractivity (Wildman–Crippen MR) is 156 cm³/mol. The Hall–Kier alpha value is -4.28. The molecule has 1 fully saturated rings. The molecule has 2 unspecified atom stereocenters. The molecule has 224 valence electrons. The van der Waals surface area contributed by atoms with Crippen molar-refractivity contribution in [1.82, 2.24) is 10.0 Å². The highest BCUT2D eigenvalue weighted by Crippen LogP contribution is 2.46. The summed E-state index contributed by atoms with van der Waals surface area (Å²) in [5, 5.41) is 10.9. The molecule has 2 atom stereocenters. The summed E-state index contributed by atoms with van der Waals surface area (Å²) in [6.45, 7) is 3.07. The van der Waals surface area contributed by atoms with Crippen LogP contribution >= 0.6 is 0 Å². The Morgan fingerprint density at radius 1 is 1.02 bits per heavy atom. The van der Waals surface area contributed by atoms with E-state index in [-0.39, 0.29) is 17.6 Å². The number of amides is 1. The molecule has 1 aromatic heterocycles. The molecule has 0 spiro atoms. The quantitative estimate of drug-likeness (QED) is 0.201. The van der Waals surface area contributed by atoms with E-state index in [0.29, 0.717) is 53.4 Å². The summed E-state index contributed by atoms with van der Waals surface area (Å²) in [4.78, 5) is 16.4. The first-order valence-corrected chi connectivity index (χ1v) is 13.8. The van der Waals surface area contributed by atoms with E-state index < -0.39 is 5.91 Å². The lowest BCUT2D eigenvalue weighted by atomic mass is 9.91. The average molecular weight is 579 g/mol.